The maximum Gasteiger partial charge on any atom is 0.420 e. The van der Waals surface area contributed by atoms with Crippen LogP contribution in [0.25, 0.3) is 0 Å². The zero-order chi connectivity index (χ0) is 11.1. The molecule has 7 heteroatoms. The fraction of sp³-hybridized carbons (Fsp3) is 0.143. The molecule has 0 unspecified atom stereocenters. The second-order valence-corrected chi connectivity index (χ2v) is 2.90. The van der Waals surface area contributed by atoms with Crippen LogP contribution in [0.15, 0.2) is 6.07 Å². The fourth-order valence-corrected chi connectivity index (χ4v) is 1.02. The average Bonchev–Trinajstić information content (AvgIpc) is 2.06. The summed E-state index contributed by atoms with van der Waals surface area (Å²) in [6.45, 7) is 0. The number of nitrogens with two attached hydrogens (primary N) is 1. The Morgan fingerprint density at radius 3 is 2.21 bits per heavy atom. The molecule has 0 aliphatic rings. The normalized spacial score (nSPS) is 11.7. The first-order valence-corrected chi connectivity index (χ1v) is 3.70. The van der Waals surface area contributed by atoms with Gasteiger partial charge >= 0.3 is 6.18 Å². The van der Waals surface area contributed by atoms with Gasteiger partial charge in [0.1, 0.15) is 16.3 Å². The van der Waals surface area contributed by atoms with Crippen molar-refractivity contribution in [1.29, 1.82) is 0 Å². The minimum Gasteiger partial charge on any atom is -0.506 e. The number of halogens is 4. The maximum absolute atomic E-state index is 12.2. The van der Waals surface area contributed by atoms with E-state index in [9.17, 15) is 13.2 Å². The lowest BCUT2D eigenvalue weighted by Gasteiger charge is -2.12. The Hall–Kier alpha value is -1.30. The van der Waals surface area contributed by atoms with Crippen LogP contribution in [-0.2, 0) is 6.18 Å². The number of aromatic hydroxyl groups is 2. The molecule has 78 valence electrons. The predicted octanol–water partition coefficient (Wildman–Crippen LogP) is 2.35. The van der Waals surface area contributed by atoms with Crippen LogP contribution in [-0.4, -0.2) is 10.2 Å². The van der Waals surface area contributed by atoms with Crippen LogP contribution in [0, 0.1) is 0 Å². The second kappa shape index (κ2) is 3.13. The topological polar surface area (TPSA) is 66.5 Å². The van der Waals surface area contributed by atoms with Crippen molar-refractivity contribution in [3.05, 3.63) is 16.7 Å². The third kappa shape index (κ3) is 1.65. The standard InChI is InChI=1S/C7H5ClF3NO2/c8-4-3(13)1-2(7(9,10)11)6(14)5(4)12/h1,13-14H,12H2. The van der Waals surface area contributed by atoms with Gasteiger partial charge in [-0.1, -0.05) is 11.6 Å². The zero-order valence-corrected chi connectivity index (χ0v) is 7.32. The van der Waals surface area contributed by atoms with Gasteiger partial charge in [-0.2, -0.15) is 13.2 Å². The molecule has 0 aliphatic carbocycles. The summed E-state index contributed by atoms with van der Waals surface area (Å²) in [4.78, 5) is 0. The highest BCUT2D eigenvalue weighted by Crippen LogP contribution is 2.45. The Kier molecular flexibility index (Phi) is 2.41. The lowest BCUT2D eigenvalue weighted by atomic mass is 10.1. The number of alkyl halides is 3. The molecule has 3 nitrogen and oxygen atoms in total. The number of hydrogen-bond acceptors (Lipinski definition) is 3. The van der Waals surface area contributed by atoms with Gasteiger partial charge in [-0.3, -0.25) is 0 Å². The lowest BCUT2D eigenvalue weighted by molar-refractivity contribution is -0.138. The monoisotopic (exact) mass is 227 g/mol. The summed E-state index contributed by atoms with van der Waals surface area (Å²) in [5.74, 6) is -2.01. The van der Waals surface area contributed by atoms with Crippen molar-refractivity contribution in [2.24, 2.45) is 0 Å². The molecule has 0 aliphatic heterocycles. The van der Waals surface area contributed by atoms with E-state index < -0.39 is 33.9 Å². The van der Waals surface area contributed by atoms with Gasteiger partial charge in [-0.15, -0.1) is 0 Å². The number of phenolic OH excluding ortho intramolecular Hbond substituents is 2. The van der Waals surface area contributed by atoms with E-state index >= 15 is 0 Å². The number of benzene rings is 1. The van der Waals surface area contributed by atoms with Crippen LogP contribution < -0.4 is 5.73 Å². The van der Waals surface area contributed by atoms with Crippen LogP contribution >= 0.6 is 11.6 Å². The Bertz CT molecular complexity index is 378. The summed E-state index contributed by atoms with van der Waals surface area (Å²) >= 11 is 5.30. The largest absolute Gasteiger partial charge is 0.506 e. The van der Waals surface area contributed by atoms with Crippen molar-refractivity contribution in [3.63, 3.8) is 0 Å². The van der Waals surface area contributed by atoms with Crippen molar-refractivity contribution >= 4 is 17.3 Å². The lowest BCUT2D eigenvalue weighted by Crippen LogP contribution is -2.06. The first-order valence-electron chi connectivity index (χ1n) is 3.32. The molecule has 1 aromatic rings. The summed E-state index contributed by atoms with van der Waals surface area (Å²) in [7, 11) is 0. The van der Waals surface area contributed by atoms with E-state index in [1.54, 1.807) is 0 Å². The van der Waals surface area contributed by atoms with Crippen molar-refractivity contribution in [3.8, 4) is 11.5 Å². The van der Waals surface area contributed by atoms with Crippen molar-refractivity contribution in [2.75, 3.05) is 5.73 Å². The number of phenols is 2. The number of hydrogen-bond donors (Lipinski definition) is 3. The highest BCUT2D eigenvalue weighted by Gasteiger charge is 2.36. The van der Waals surface area contributed by atoms with Crippen LogP contribution in [0.1, 0.15) is 5.56 Å². The van der Waals surface area contributed by atoms with Gasteiger partial charge < -0.3 is 15.9 Å². The SMILES string of the molecule is Nc1c(O)c(C(F)(F)F)cc(O)c1Cl. The van der Waals surface area contributed by atoms with E-state index in [1.165, 1.54) is 0 Å². The third-order valence-corrected chi connectivity index (χ3v) is 1.96. The van der Waals surface area contributed by atoms with Crippen LogP contribution in [0.5, 0.6) is 11.5 Å². The van der Waals surface area contributed by atoms with Gasteiger partial charge in [0.25, 0.3) is 0 Å². The van der Waals surface area contributed by atoms with Crippen molar-refractivity contribution in [1.82, 2.24) is 0 Å². The molecule has 0 radical (unpaired) electrons. The molecular weight excluding hydrogens is 223 g/mol. The van der Waals surface area contributed by atoms with E-state index in [1.807, 2.05) is 0 Å². The molecule has 0 fully saturated rings. The molecule has 14 heavy (non-hydrogen) atoms. The average molecular weight is 228 g/mol. The van der Waals surface area contributed by atoms with E-state index in [2.05, 4.69) is 0 Å². The molecule has 0 atom stereocenters. The molecule has 0 saturated heterocycles. The predicted molar refractivity (Wildman–Crippen MR) is 44.2 cm³/mol. The van der Waals surface area contributed by atoms with Gasteiger partial charge in [0, 0.05) is 0 Å². The third-order valence-electron chi connectivity index (χ3n) is 1.56. The van der Waals surface area contributed by atoms with E-state index in [4.69, 9.17) is 27.5 Å². The van der Waals surface area contributed by atoms with E-state index in [-0.39, 0.29) is 0 Å². The number of rotatable bonds is 0. The van der Waals surface area contributed by atoms with Gasteiger partial charge in [0.2, 0.25) is 0 Å². The van der Waals surface area contributed by atoms with E-state index in [0.29, 0.717) is 6.07 Å². The first-order chi connectivity index (χ1) is 6.25. The number of nitrogen functional groups attached to an aromatic ring is 1. The van der Waals surface area contributed by atoms with Crippen LogP contribution in [0.4, 0.5) is 18.9 Å². The van der Waals surface area contributed by atoms with Crippen LogP contribution in [0.2, 0.25) is 5.02 Å². The highest BCUT2D eigenvalue weighted by molar-refractivity contribution is 6.34. The maximum atomic E-state index is 12.2. The fourth-order valence-electron chi connectivity index (χ4n) is 0.872. The van der Waals surface area contributed by atoms with Gasteiger partial charge in [0.15, 0.2) is 5.75 Å². The summed E-state index contributed by atoms with van der Waals surface area (Å²) in [6, 6.07) is 0.314. The van der Waals surface area contributed by atoms with E-state index in [0.717, 1.165) is 0 Å². The quantitative estimate of drug-likeness (QED) is 0.362. The van der Waals surface area contributed by atoms with Gasteiger partial charge in [-0.25, -0.2) is 0 Å². The Morgan fingerprint density at radius 1 is 1.29 bits per heavy atom. The van der Waals surface area contributed by atoms with Crippen LogP contribution in [0.3, 0.4) is 0 Å². The molecule has 0 amide bonds. The molecular formula is C7H5ClF3NO2. The minimum absolute atomic E-state index is 0.314. The Balaban J connectivity index is 3.49. The van der Waals surface area contributed by atoms with Gasteiger partial charge in [-0.05, 0) is 6.07 Å². The summed E-state index contributed by atoms with van der Waals surface area (Å²) < 4.78 is 36.5. The molecule has 0 heterocycles. The summed E-state index contributed by atoms with van der Waals surface area (Å²) in [6.07, 6.45) is -4.79. The molecule has 4 N–H and O–H groups in total. The molecule has 0 bridgehead atoms. The Labute approximate surface area is 81.5 Å². The first kappa shape index (κ1) is 10.8. The molecule has 0 saturated carbocycles. The molecule has 1 aromatic carbocycles. The number of anilines is 1. The zero-order valence-electron chi connectivity index (χ0n) is 6.56. The minimum atomic E-state index is -4.79. The summed E-state index contributed by atoms with van der Waals surface area (Å²) in [5.41, 5.74) is 2.92. The second-order valence-electron chi connectivity index (χ2n) is 2.52. The smallest absolute Gasteiger partial charge is 0.420 e. The molecule has 1 rings (SSSR count). The summed E-state index contributed by atoms with van der Waals surface area (Å²) in [5, 5.41) is 17.4. The molecule has 0 spiro atoms. The van der Waals surface area contributed by atoms with Crippen molar-refractivity contribution < 1.29 is 23.4 Å². The van der Waals surface area contributed by atoms with Crippen molar-refractivity contribution in [2.45, 2.75) is 6.18 Å². The highest BCUT2D eigenvalue weighted by atomic mass is 35.5. The molecule has 0 aromatic heterocycles. The Morgan fingerprint density at radius 2 is 1.79 bits per heavy atom. The van der Waals surface area contributed by atoms with Gasteiger partial charge in [0.05, 0.1) is 5.69 Å².